The number of esters is 1. The maximum Gasteiger partial charge on any atom is 0.341 e. The van der Waals surface area contributed by atoms with E-state index in [1.807, 2.05) is 13.8 Å². The van der Waals surface area contributed by atoms with Crippen molar-refractivity contribution in [2.75, 3.05) is 24.4 Å². The molecular formula is C18H21N3O5S2. The molecule has 8 nitrogen and oxygen atoms in total. The van der Waals surface area contributed by atoms with Gasteiger partial charge in [0.2, 0.25) is 0 Å². The van der Waals surface area contributed by atoms with Gasteiger partial charge in [-0.3, -0.25) is 10.1 Å². The standard InChI is InChI=1S/C18H21N3O5S2/c1-5-12-10(3)28-16(15(12)17(22)25-4)20-18(27)19-13-8-7-11(26-6-2)9-14(13)21(23)24/h7-9H,5-6H2,1-4H3,(H2,19,20,27). The Morgan fingerprint density at radius 1 is 1.32 bits per heavy atom. The van der Waals surface area contributed by atoms with Crippen LogP contribution in [-0.2, 0) is 11.2 Å². The number of methoxy groups -OCH3 is 1. The maximum atomic E-state index is 12.2. The minimum atomic E-state index is -0.516. The average molecular weight is 424 g/mol. The highest BCUT2D eigenvalue weighted by Crippen LogP contribution is 2.34. The number of ether oxygens (including phenoxy) is 2. The van der Waals surface area contributed by atoms with Gasteiger partial charge in [0.1, 0.15) is 16.4 Å². The topological polar surface area (TPSA) is 103 Å². The minimum absolute atomic E-state index is 0.126. The third-order valence-corrected chi connectivity index (χ3v) is 5.17. The minimum Gasteiger partial charge on any atom is -0.494 e. The summed E-state index contributed by atoms with van der Waals surface area (Å²) in [5.41, 5.74) is 1.36. The highest BCUT2D eigenvalue weighted by Gasteiger charge is 2.23. The Bertz CT molecular complexity index is 911. The van der Waals surface area contributed by atoms with Crippen LogP contribution in [0.1, 0.15) is 34.6 Å². The van der Waals surface area contributed by atoms with Crippen molar-refractivity contribution in [2.45, 2.75) is 27.2 Å². The Morgan fingerprint density at radius 3 is 2.61 bits per heavy atom. The van der Waals surface area contributed by atoms with Crippen molar-refractivity contribution in [3.05, 3.63) is 44.3 Å². The van der Waals surface area contributed by atoms with Crippen molar-refractivity contribution >= 4 is 51.0 Å². The predicted molar refractivity (Wildman–Crippen MR) is 114 cm³/mol. The lowest BCUT2D eigenvalue weighted by atomic mass is 10.1. The quantitative estimate of drug-likeness (QED) is 0.290. The van der Waals surface area contributed by atoms with Gasteiger partial charge in [-0.15, -0.1) is 11.3 Å². The fourth-order valence-corrected chi connectivity index (χ4v) is 4.11. The molecule has 0 bridgehead atoms. The van der Waals surface area contributed by atoms with Crippen LogP contribution in [0.4, 0.5) is 16.4 Å². The van der Waals surface area contributed by atoms with E-state index < -0.39 is 10.9 Å². The Kier molecular flexibility index (Phi) is 7.30. The zero-order valence-electron chi connectivity index (χ0n) is 16.0. The van der Waals surface area contributed by atoms with E-state index in [-0.39, 0.29) is 16.5 Å². The zero-order chi connectivity index (χ0) is 20.8. The summed E-state index contributed by atoms with van der Waals surface area (Å²) >= 11 is 6.67. The third-order valence-electron chi connectivity index (χ3n) is 3.90. The van der Waals surface area contributed by atoms with Crippen LogP contribution < -0.4 is 15.4 Å². The lowest BCUT2D eigenvalue weighted by Gasteiger charge is -2.12. The van der Waals surface area contributed by atoms with Crippen molar-refractivity contribution in [2.24, 2.45) is 0 Å². The van der Waals surface area contributed by atoms with Crippen LogP contribution in [0, 0.1) is 17.0 Å². The molecule has 1 aromatic carbocycles. The fourth-order valence-electron chi connectivity index (χ4n) is 2.69. The number of hydrogen-bond donors (Lipinski definition) is 2. The van der Waals surface area contributed by atoms with Crippen molar-refractivity contribution in [3.63, 3.8) is 0 Å². The molecule has 0 aliphatic carbocycles. The average Bonchev–Trinajstić information content (AvgIpc) is 2.96. The van der Waals surface area contributed by atoms with Gasteiger partial charge in [-0.1, -0.05) is 6.92 Å². The molecular weight excluding hydrogens is 402 g/mol. The normalized spacial score (nSPS) is 10.3. The second-order valence-electron chi connectivity index (χ2n) is 5.63. The molecule has 1 heterocycles. The molecule has 28 heavy (non-hydrogen) atoms. The molecule has 0 amide bonds. The van der Waals surface area contributed by atoms with Gasteiger partial charge < -0.3 is 20.1 Å². The molecule has 2 N–H and O–H groups in total. The van der Waals surface area contributed by atoms with Gasteiger partial charge in [0.15, 0.2) is 5.11 Å². The number of rotatable bonds is 7. The zero-order valence-corrected chi connectivity index (χ0v) is 17.6. The largest absolute Gasteiger partial charge is 0.494 e. The maximum absolute atomic E-state index is 12.2. The van der Waals surface area contributed by atoms with Crippen molar-refractivity contribution in [1.29, 1.82) is 0 Å². The molecule has 10 heteroatoms. The highest BCUT2D eigenvalue weighted by atomic mass is 32.1. The summed E-state index contributed by atoms with van der Waals surface area (Å²) in [5.74, 6) is -0.0633. The van der Waals surface area contributed by atoms with Crippen LogP contribution in [0.2, 0.25) is 0 Å². The summed E-state index contributed by atoms with van der Waals surface area (Å²) < 4.78 is 10.2. The van der Waals surface area contributed by atoms with Crippen LogP contribution in [-0.4, -0.2) is 29.7 Å². The molecule has 0 aliphatic heterocycles. The number of nitro benzene ring substituents is 1. The van der Waals surface area contributed by atoms with Gasteiger partial charge in [0.05, 0.1) is 30.3 Å². The molecule has 0 fully saturated rings. The van der Waals surface area contributed by atoms with Crippen LogP contribution in [0.15, 0.2) is 18.2 Å². The molecule has 0 saturated heterocycles. The molecule has 0 atom stereocenters. The van der Waals surface area contributed by atoms with Gasteiger partial charge in [0, 0.05) is 4.88 Å². The summed E-state index contributed by atoms with van der Waals surface area (Å²) in [6, 6.07) is 4.47. The molecule has 0 saturated carbocycles. The first kappa shape index (κ1) is 21.6. The fraction of sp³-hybridized carbons (Fsp3) is 0.333. The van der Waals surface area contributed by atoms with E-state index in [1.165, 1.54) is 30.6 Å². The monoisotopic (exact) mass is 423 g/mol. The summed E-state index contributed by atoms with van der Waals surface area (Å²) in [5, 5.41) is 17.8. The number of anilines is 2. The van der Waals surface area contributed by atoms with Gasteiger partial charge in [-0.25, -0.2) is 4.79 Å². The van der Waals surface area contributed by atoms with Crippen molar-refractivity contribution in [3.8, 4) is 5.75 Å². The molecule has 0 aliphatic rings. The van der Waals surface area contributed by atoms with Crippen molar-refractivity contribution < 1.29 is 19.2 Å². The molecule has 0 unspecified atom stereocenters. The van der Waals surface area contributed by atoms with E-state index in [0.29, 0.717) is 29.3 Å². The first-order chi connectivity index (χ1) is 13.3. The summed E-state index contributed by atoms with van der Waals surface area (Å²) in [6.07, 6.45) is 0.666. The number of hydrogen-bond acceptors (Lipinski definition) is 7. The van der Waals surface area contributed by atoms with Crippen LogP contribution >= 0.6 is 23.6 Å². The van der Waals surface area contributed by atoms with Crippen LogP contribution in [0.25, 0.3) is 0 Å². The van der Waals surface area contributed by atoms with Gasteiger partial charge >= 0.3 is 5.97 Å². The van der Waals surface area contributed by atoms with E-state index in [0.717, 1.165) is 10.4 Å². The number of thiophene rings is 1. The lowest BCUT2D eigenvalue weighted by molar-refractivity contribution is -0.384. The smallest absolute Gasteiger partial charge is 0.341 e. The second kappa shape index (κ2) is 9.47. The van der Waals surface area contributed by atoms with E-state index in [2.05, 4.69) is 10.6 Å². The third kappa shape index (κ3) is 4.76. The van der Waals surface area contributed by atoms with E-state index in [4.69, 9.17) is 21.7 Å². The molecule has 150 valence electrons. The Balaban J connectivity index is 2.28. The van der Waals surface area contributed by atoms with Crippen LogP contribution in [0.3, 0.4) is 0 Å². The lowest BCUT2D eigenvalue weighted by Crippen LogP contribution is -2.21. The first-order valence-corrected chi connectivity index (χ1v) is 9.74. The van der Waals surface area contributed by atoms with Crippen molar-refractivity contribution in [1.82, 2.24) is 0 Å². The number of nitrogens with one attached hydrogen (secondary N) is 2. The molecule has 0 spiro atoms. The predicted octanol–water partition coefficient (Wildman–Crippen LogP) is 4.52. The van der Waals surface area contributed by atoms with E-state index >= 15 is 0 Å². The Hall–Kier alpha value is -2.72. The number of nitro groups is 1. The summed E-state index contributed by atoms with van der Waals surface area (Å²) in [4.78, 5) is 24.0. The number of thiocarbonyl (C=S) groups is 1. The number of carbonyl (C=O) groups excluding carboxylic acids is 1. The number of benzene rings is 1. The molecule has 2 aromatic rings. The first-order valence-electron chi connectivity index (χ1n) is 8.52. The van der Waals surface area contributed by atoms with Gasteiger partial charge in [-0.05, 0) is 50.2 Å². The Labute approximate surface area is 172 Å². The van der Waals surface area contributed by atoms with Crippen LogP contribution in [0.5, 0.6) is 5.75 Å². The molecule has 0 radical (unpaired) electrons. The summed E-state index contributed by atoms with van der Waals surface area (Å²) in [6.45, 7) is 6.06. The SMILES string of the molecule is CCOc1ccc(NC(=S)Nc2sc(C)c(CC)c2C(=O)OC)c([N+](=O)[O-])c1. The number of nitrogens with zero attached hydrogens (tertiary/aromatic N) is 1. The number of carbonyl (C=O) groups is 1. The van der Waals surface area contributed by atoms with E-state index in [9.17, 15) is 14.9 Å². The highest BCUT2D eigenvalue weighted by molar-refractivity contribution is 7.80. The summed E-state index contributed by atoms with van der Waals surface area (Å²) in [7, 11) is 1.32. The van der Waals surface area contributed by atoms with Gasteiger partial charge in [-0.2, -0.15) is 0 Å². The molecule has 2 rings (SSSR count). The molecule has 1 aromatic heterocycles. The Morgan fingerprint density at radius 2 is 2.04 bits per heavy atom. The van der Waals surface area contributed by atoms with Gasteiger partial charge in [0.25, 0.3) is 5.69 Å². The number of aryl methyl sites for hydroxylation is 1. The second-order valence-corrected chi connectivity index (χ2v) is 7.27. The van der Waals surface area contributed by atoms with E-state index in [1.54, 1.807) is 13.0 Å².